The fourth-order valence-electron chi connectivity index (χ4n) is 4.02. The van der Waals surface area contributed by atoms with Gasteiger partial charge in [0.05, 0.1) is 69.4 Å². The number of ether oxygens (including phenoxy) is 8. The van der Waals surface area contributed by atoms with Gasteiger partial charge in [-0.2, -0.15) is 13.5 Å². The highest BCUT2D eigenvalue weighted by atomic mass is 32.1. The van der Waals surface area contributed by atoms with Crippen LogP contribution < -0.4 is 28.4 Å². The molecule has 0 unspecified atom stereocenters. The molecule has 2 aromatic carbocycles. The number of carbonyl (C=O) groups excluding carboxylic acids is 3. The molecule has 2 aromatic rings. The second-order valence-corrected chi connectivity index (χ2v) is 8.75. The number of carbonyl (C=O) groups is 3. The normalized spacial score (nSPS) is 10.5. The summed E-state index contributed by atoms with van der Waals surface area (Å²) in [4.78, 5) is 33.8. The molecule has 1 atom stereocenters. The average molecular weight is 629 g/mol. The third kappa shape index (κ3) is 12.1. The predicted molar refractivity (Wildman–Crippen MR) is 163 cm³/mol. The van der Waals surface area contributed by atoms with Gasteiger partial charge in [0, 0.05) is 6.42 Å². The second-order valence-electron chi connectivity index (χ2n) is 8.75. The Morgan fingerprint density at radius 3 is 1.47 bits per heavy atom. The van der Waals surface area contributed by atoms with E-state index in [9.17, 15) is 19.5 Å². The van der Waals surface area contributed by atoms with Crippen LogP contribution in [-0.4, -0.2) is 85.8 Å². The molecule has 12 nitrogen and oxygen atoms in total. The minimum Gasteiger partial charge on any atom is -0.493 e. The van der Waals surface area contributed by atoms with Crippen LogP contribution in [0.1, 0.15) is 36.8 Å². The molecule has 0 saturated carbocycles. The molecule has 0 spiro atoms. The molecule has 0 fully saturated rings. The van der Waals surface area contributed by atoms with E-state index >= 15 is 0 Å². The zero-order chi connectivity index (χ0) is 31.7. The SMILES string of the molecule is COC(=O)CC(=O)CCc1ccc(OC)c(OC)c1OC.COC(=O)C[C@@H](O)CCc1ccc(OC)c(OC)c1OC.S. The van der Waals surface area contributed by atoms with Gasteiger partial charge in [0.2, 0.25) is 11.5 Å². The number of aliphatic hydroxyl groups excluding tert-OH is 1. The molecular formula is C30H44O12S. The summed E-state index contributed by atoms with van der Waals surface area (Å²) < 4.78 is 40.7. The Bertz CT molecular complexity index is 1170. The Kier molecular flexibility index (Phi) is 19.1. The minimum absolute atomic E-state index is 0. The Labute approximate surface area is 259 Å². The maximum atomic E-state index is 11.7. The quantitative estimate of drug-likeness (QED) is 0.215. The van der Waals surface area contributed by atoms with Gasteiger partial charge in [-0.05, 0) is 42.5 Å². The van der Waals surface area contributed by atoms with Crippen LogP contribution in [0, 0.1) is 0 Å². The first-order chi connectivity index (χ1) is 20.1. The molecule has 0 aliphatic carbocycles. The number of hydrogen-bond acceptors (Lipinski definition) is 12. The van der Waals surface area contributed by atoms with Gasteiger partial charge in [-0.1, -0.05) is 12.1 Å². The zero-order valence-corrected chi connectivity index (χ0v) is 27.1. The molecular weight excluding hydrogens is 584 g/mol. The number of aliphatic hydroxyl groups is 1. The number of hydrogen-bond donors (Lipinski definition) is 1. The molecule has 0 aromatic heterocycles. The van der Waals surface area contributed by atoms with Crippen LogP contribution in [0.25, 0.3) is 0 Å². The van der Waals surface area contributed by atoms with Crippen LogP contribution in [0.2, 0.25) is 0 Å². The molecule has 0 bridgehead atoms. The third-order valence-electron chi connectivity index (χ3n) is 6.19. The molecule has 0 heterocycles. The van der Waals surface area contributed by atoms with Crippen molar-refractivity contribution in [2.45, 2.75) is 44.6 Å². The number of aryl methyl sites for hydroxylation is 2. The summed E-state index contributed by atoms with van der Waals surface area (Å²) in [5.41, 5.74) is 1.69. The number of rotatable bonds is 16. The molecule has 0 amide bonds. The highest BCUT2D eigenvalue weighted by Gasteiger charge is 2.19. The number of ketones is 1. The lowest BCUT2D eigenvalue weighted by molar-refractivity contribution is -0.144. The summed E-state index contributed by atoms with van der Waals surface area (Å²) in [6.07, 6.45) is 0.636. The van der Waals surface area contributed by atoms with Crippen molar-refractivity contribution in [1.29, 1.82) is 0 Å². The summed E-state index contributed by atoms with van der Waals surface area (Å²) >= 11 is 0. The van der Waals surface area contributed by atoms with Crippen molar-refractivity contribution in [3.05, 3.63) is 35.4 Å². The first-order valence-corrected chi connectivity index (χ1v) is 13.0. The van der Waals surface area contributed by atoms with Crippen molar-refractivity contribution in [3.63, 3.8) is 0 Å². The Hall–Kier alpha value is -3.84. The first kappa shape index (κ1) is 39.2. The maximum absolute atomic E-state index is 11.7. The molecule has 13 heteroatoms. The van der Waals surface area contributed by atoms with E-state index in [1.807, 2.05) is 12.1 Å². The molecule has 0 aliphatic heterocycles. The third-order valence-corrected chi connectivity index (χ3v) is 6.19. The van der Waals surface area contributed by atoms with E-state index in [2.05, 4.69) is 9.47 Å². The van der Waals surface area contributed by atoms with Crippen molar-refractivity contribution in [2.24, 2.45) is 0 Å². The van der Waals surface area contributed by atoms with Crippen LogP contribution in [0.3, 0.4) is 0 Å². The average Bonchev–Trinajstić information content (AvgIpc) is 3.01. The monoisotopic (exact) mass is 628 g/mol. The van der Waals surface area contributed by atoms with Gasteiger partial charge in [-0.3, -0.25) is 14.4 Å². The van der Waals surface area contributed by atoms with E-state index in [1.165, 1.54) is 42.7 Å². The van der Waals surface area contributed by atoms with E-state index in [0.717, 1.165) is 11.1 Å². The largest absolute Gasteiger partial charge is 0.493 e. The number of esters is 2. The lowest BCUT2D eigenvalue weighted by Gasteiger charge is -2.16. The molecule has 0 radical (unpaired) electrons. The van der Waals surface area contributed by atoms with E-state index in [0.29, 0.717) is 53.8 Å². The summed E-state index contributed by atoms with van der Waals surface area (Å²) in [5, 5.41) is 9.81. The van der Waals surface area contributed by atoms with Crippen molar-refractivity contribution in [1.82, 2.24) is 0 Å². The van der Waals surface area contributed by atoms with Crippen molar-refractivity contribution >= 4 is 31.2 Å². The highest BCUT2D eigenvalue weighted by Crippen LogP contribution is 2.41. The van der Waals surface area contributed by atoms with Crippen LogP contribution in [0.4, 0.5) is 0 Å². The molecule has 2 rings (SSSR count). The molecule has 1 N–H and O–H groups in total. The van der Waals surface area contributed by atoms with Crippen molar-refractivity contribution in [2.75, 3.05) is 56.9 Å². The lowest BCUT2D eigenvalue weighted by Crippen LogP contribution is -2.15. The standard InChI is InChI=1S/C15H22O6.C15H20O6.H2S/c2*1-18-12-8-6-10(14(20-3)15(12)21-4)5-7-11(16)9-13(17)19-2;/h6,8,11,16H,5,7,9H2,1-4H3;6,8H,5,7,9H2,1-4H3;1H2/t11-;;/m0../s1. The van der Waals surface area contributed by atoms with E-state index < -0.39 is 18.0 Å². The Morgan fingerprint density at radius 1 is 0.628 bits per heavy atom. The summed E-state index contributed by atoms with van der Waals surface area (Å²) in [6, 6.07) is 7.20. The van der Waals surface area contributed by atoms with Crippen molar-refractivity contribution < 1.29 is 57.4 Å². The smallest absolute Gasteiger partial charge is 0.313 e. The van der Waals surface area contributed by atoms with E-state index in [4.69, 9.17) is 28.4 Å². The van der Waals surface area contributed by atoms with Crippen LogP contribution in [-0.2, 0) is 36.7 Å². The first-order valence-electron chi connectivity index (χ1n) is 13.0. The summed E-state index contributed by atoms with van der Waals surface area (Å²) in [7, 11) is 11.8. The number of benzene rings is 2. The fraction of sp³-hybridized carbons (Fsp3) is 0.500. The van der Waals surface area contributed by atoms with Gasteiger partial charge in [0.25, 0.3) is 0 Å². The zero-order valence-electron chi connectivity index (χ0n) is 26.1. The van der Waals surface area contributed by atoms with Gasteiger partial charge in [-0.15, -0.1) is 0 Å². The van der Waals surface area contributed by atoms with Gasteiger partial charge >= 0.3 is 11.9 Å². The van der Waals surface area contributed by atoms with Gasteiger partial charge in [0.15, 0.2) is 23.0 Å². The Balaban J connectivity index is 0.000000802. The van der Waals surface area contributed by atoms with Gasteiger partial charge in [-0.25, -0.2) is 0 Å². The number of methoxy groups -OCH3 is 8. The number of Topliss-reactive ketones (excluding diaryl/α,β-unsaturated/α-hetero) is 1. The van der Waals surface area contributed by atoms with E-state index in [-0.39, 0.29) is 38.5 Å². The molecule has 242 valence electrons. The van der Waals surface area contributed by atoms with Gasteiger partial charge < -0.3 is 43.0 Å². The minimum atomic E-state index is -0.754. The topological polar surface area (TPSA) is 145 Å². The summed E-state index contributed by atoms with van der Waals surface area (Å²) in [6.45, 7) is 0. The predicted octanol–water partition coefficient (Wildman–Crippen LogP) is 3.46. The lowest BCUT2D eigenvalue weighted by atomic mass is 10.0. The van der Waals surface area contributed by atoms with E-state index in [1.54, 1.807) is 26.4 Å². The van der Waals surface area contributed by atoms with Crippen LogP contribution in [0.15, 0.2) is 24.3 Å². The molecule has 0 aliphatic rings. The fourth-order valence-corrected chi connectivity index (χ4v) is 4.02. The van der Waals surface area contributed by atoms with Crippen molar-refractivity contribution in [3.8, 4) is 34.5 Å². The van der Waals surface area contributed by atoms with Crippen LogP contribution in [0.5, 0.6) is 34.5 Å². The van der Waals surface area contributed by atoms with Gasteiger partial charge in [0.1, 0.15) is 12.2 Å². The highest BCUT2D eigenvalue weighted by molar-refractivity contribution is 7.59. The molecule has 0 saturated heterocycles. The summed E-state index contributed by atoms with van der Waals surface area (Å²) in [5.74, 6) is 2.09. The Morgan fingerprint density at radius 2 is 1.07 bits per heavy atom. The maximum Gasteiger partial charge on any atom is 0.313 e. The second kappa shape index (κ2) is 20.9. The van der Waals surface area contributed by atoms with Crippen LogP contribution >= 0.6 is 13.5 Å². The molecule has 43 heavy (non-hydrogen) atoms.